The van der Waals surface area contributed by atoms with Gasteiger partial charge in [-0.15, -0.1) is 0 Å². The zero-order chi connectivity index (χ0) is 20.4. The molecule has 2 N–H and O–H groups in total. The quantitative estimate of drug-likeness (QED) is 0.708. The van der Waals surface area contributed by atoms with Crippen LogP contribution in [0.1, 0.15) is 66.2 Å². The van der Waals surface area contributed by atoms with Crippen molar-refractivity contribution in [2.75, 3.05) is 0 Å². The Kier molecular flexibility index (Phi) is 4.78. The van der Waals surface area contributed by atoms with Gasteiger partial charge < -0.3 is 14.9 Å². The molecule has 4 rings (SSSR count). The Bertz CT molecular complexity index is 714. The fraction of sp³-hybridized carbons (Fsp3) is 0.826. The van der Waals surface area contributed by atoms with Crippen molar-refractivity contribution in [2.24, 2.45) is 34.5 Å². The second kappa shape index (κ2) is 6.66. The largest absolute Gasteiger partial charge is 0.460 e. The molecule has 5 heteroatoms. The lowest BCUT2D eigenvalue weighted by atomic mass is 9.44. The van der Waals surface area contributed by atoms with Crippen LogP contribution in [0.4, 0.5) is 0 Å². The Labute approximate surface area is 167 Å². The van der Waals surface area contributed by atoms with Crippen molar-refractivity contribution in [1.82, 2.24) is 0 Å². The van der Waals surface area contributed by atoms with Crippen LogP contribution in [0.15, 0.2) is 11.6 Å². The predicted octanol–water partition coefficient (Wildman–Crippen LogP) is 3.03. The van der Waals surface area contributed by atoms with Crippen LogP contribution in [0, 0.1) is 34.5 Å². The number of hydrogen-bond acceptors (Lipinski definition) is 5. The normalized spacial score (nSPS) is 50.1. The molecular weight excluding hydrogens is 356 g/mol. The molecule has 0 aromatic heterocycles. The van der Waals surface area contributed by atoms with Crippen LogP contribution < -0.4 is 0 Å². The molecule has 9 atom stereocenters. The van der Waals surface area contributed by atoms with Crippen molar-refractivity contribution in [3.8, 4) is 0 Å². The van der Waals surface area contributed by atoms with Gasteiger partial charge in [0.25, 0.3) is 0 Å². The monoisotopic (exact) mass is 390 g/mol. The Morgan fingerprint density at radius 1 is 1.04 bits per heavy atom. The first-order valence-electron chi connectivity index (χ1n) is 10.8. The van der Waals surface area contributed by atoms with Crippen molar-refractivity contribution in [3.05, 3.63) is 11.6 Å². The average molecular weight is 391 g/mol. The number of fused-ring (bicyclic) bond motifs is 5. The Hall–Kier alpha value is -1.20. The molecule has 3 fully saturated rings. The lowest BCUT2D eigenvalue weighted by Crippen LogP contribution is -2.62. The molecule has 5 nitrogen and oxygen atoms in total. The van der Waals surface area contributed by atoms with Crippen molar-refractivity contribution in [2.45, 2.75) is 84.5 Å². The minimum absolute atomic E-state index is 0.0292. The molecule has 0 aromatic carbocycles. The molecule has 3 saturated carbocycles. The average Bonchev–Trinajstić information content (AvgIpc) is 2.96. The maximum atomic E-state index is 12.2. The van der Waals surface area contributed by atoms with Gasteiger partial charge in [-0.25, -0.2) is 0 Å². The molecule has 9 unspecified atom stereocenters. The summed E-state index contributed by atoms with van der Waals surface area (Å²) >= 11 is 0. The minimum Gasteiger partial charge on any atom is -0.460 e. The Morgan fingerprint density at radius 3 is 2.39 bits per heavy atom. The number of ketones is 1. The molecule has 0 amide bonds. The summed E-state index contributed by atoms with van der Waals surface area (Å²) in [5.74, 6) is 1.22. The molecule has 0 aromatic rings. The van der Waals surface area contributed by atoms with Crippen LogP contribution >= 0.6 is 0 Å². The second-order valence-electron chi connectivity index (χ2n) is 10.3. The summed E-state index contributed by atoms with van der Waals surface area (Å²) in [5.41, 5.74) is 0.820. The van der Waals surface area contributed by atoms with Crippen molar-refractivity contribution in [1.29, 1.82) is 0 Å². The van der Waals surface area contributed by atoms with E-state index in [9.17, 15) is 19.8 Å². The summed E-state index contributed by atoms with van der Waals surface area (Å²) in [6.45, 7) is 7.55. The highest BCUT2D eigenvalue weighted by Crippen LogP contribution is 2.66. The van der Waals surface area contributed by atoms with E-state index in [1.165, 1.54) is 6.92 Å². The molecule has 0 aliphatic heterocycles. The number of aliphatic hydroxyl groups excluding tert-OH is 2. The summed E-state index contributed by atoms with van der Waals surface area (Å²) in [6, 6.07) is 0. The summed E-state index contributed by atoms with van der Waals surface area (Å²) in [5, 5.41) is 21.4. The predicted molar refractivity (Wildman–Crippen MR) is 104 cm³/mol. The molecule has 28 heavy (non-hydrogen) atoms. The number of allylic oxidation sites excluding steroid dienone is 2. The fourth-order valence-electron chi connectivity index (χ4n) is 7.80. The van der Waals surface area contributed by atoms with Crippen molar-refractivity contribution in [3.63, 3.8) is 0 Å². The maximum absolute atomic E-state index is 12.2. The summed E-state index contributed by atoms with van der Waals surface area (Å²) in [4.78, 5) is 23.8. The number of aliphatic hydroxyl groups is 2. The van der Waals surface area contributed by atoms with E-state index < -0.39 is 24.3 Å². The van der Waals surface area contributed by atoms with E-state index in [4.69, 9.17) is 4.74 Å². The Morgan fingerprint density at radius 2 is 1.75 bits per heavy atom. The number of rotatable bonds is 2. The first-order chi connectivity index (χ1) is 13.1. The van der Waals surface area contributed by atoms with Crippen LogP contribution in [0.25, 0.3) is 0 Å². The molecule has 4 aliphatic rings. The van der Waals surface area contributed by atoms with Gasteiger partial charge in [0.15, 0.2) is 5.78 Å². The summed E-state index contributed by atoms with van der Waals surface area (Å²) < 4.78 is 5.42. The molecule has 0 radical (unpaired) electrons. The SMILES string of the molecule is CC(=O)OC1CC2(C)C(CCC3C4CC=C(C(C)=O)C4(C)CCC32)C(O)C1O. The topological polar surface area (TPSA) is 83.8 Å². The molecule has 0 saturated heterocycles. The number of Topliss-reactive ketones (excluding diaryl/α,β-unsaturated/α-hetero) is 1. The number of esters is 1. The van der Waals surface area contributed by atoms with Gasteiger partial charge in [0.2, 0.25) is 0 Å². The van der Waals surface area contributed by atoms with Gasteiger partial charge in [-0.1, -0.05) is 19.9 Å². The van der Waals surface area contributed by atoms with E-state index in [-0.39, 0.29) is 22.5 Å². The van der Waals surface area contributed by atoms with Gasteiger partial charge in [0, 0.05) is 6.92 Å². The standard InChI is InChI=1S/C23H34O5/c1-12(24)15-7-8-16-14-5-6-18-20(26)21(27)19(28-13(2)25)11-23(18,4)17(14)9-10-22(15,16)3/h7,14,16-21,26-27H,5-6,8-11H2,1-4H3. The third-order valence-electron chi connectivity index (χ3n) is 9.00. The smallest absolute Gasteiger partial charge is 0.302 e. The lowest BCUT2D eigenvalue weighted by molar-refractivity contribution is -0.215. The zero-order valence-electron chi connectivity index (χ0n) is 17.5. The summed E-state index contributed by atoms with van der Waals surface area (Å²) in [7, 11) is 0. The molecule has 156 valence electrons. The third-order valence-corrected chi connectivity index (χ3v) is 9.00. The van der Waals surface area contributed by atoms with Crippen LogP contribution in [-0.2, 0) is 14.3 Å². The molecular formula is C23H34O5. The summed E-state index contributed by atoms with van der Waals surface area (Å²) in [6.07, 6.45) is 5.15. The fourth-order valence-corrected chi connectivity index (χ4v) is 7.80. The van der Waals surface area contributed by atoms with E-state index in [2.05, 4.69) is 19.9 Å². The van der Waals surface area contributed by atoms with Gasteiger partial charge >= 0.3 is 5.97 Å². The van der Waals surface area contributed by atoms with Gasteiger partial charge in [-0.2, -0.15) is 0 Å². The Balaban J connectivity index is 1.63. The lowest BCUT2D eigenvalue weighted by Gasteiger charge is -2.62. The minimum atomic E-state index is -1.01. The van der Waals surface area contributed by atoms with Gasteiger partial charge in [-0.3, -0.25) is 9.59 Å². The van der Waals surface area contributed by atoms with Crippen LogP contribution in [-0.4, -0.2) is 40.3 Å². The first kappa shape index (κ1) is 20.1. The van der Waals surface area contributed by atoms with Crippen molar-refractivity contribution >= 4 is 11.8 Å². The number of carbonyl (C=O) groups is 2. The third kappa shape index (κ3) is 2.72. The first-order valence-corrected chi connectivity index (χ1v) is 10.8. The van der Waals surface area contributed by atoms with Gasteiger partial charge in [-0.05, 0) is 85.5 Å². The van der Waals surface area contributed by atoms with Gasteiger partial charge in [0.1, 0.15) is 12.2 Å². The van der Waals surface area contributed by atoms with Crippen LogP contribution in [0.3, 0.4) is 0 Å². The molecule has 0 spiro atoms. The molecule has 4 aliphatic carbocycles. The number of carbonyl (C=O) groups excluding carboxylic acids is 2. The van der Waals surface area contributed by atoms with E-state index in [1.54, 1.807) is 6.92 Å². The van der Waals surface area contributed by atoms with Gasteiger partial charge in [0.05, 0.1) is 6.10 Å². The van der Waals surface area contributed by atoms with E-state index in [0.717, 1.165) is 37.7 Å². The second-order valence-corrected chi connectivity index (χ2v) is 10.3. The molecule has 0 heterocycles. The van der Waals surface area contributed by atoms with E-state index >= 15 is 0 Å². The van der Waals surface area contributed by atoms with Crippen molar-refractivity contribution < 1.29 is 24.5 Å². The number of ether oxygens (including phenoxy) is 1. The zero-order valence-corrected chi connectivity index (χ0v) is 17.5. The highest BCUT2D eigenvalue weighted by atomic mass is 16.6. The maximum Gasteiger partial charge on any atom is 0.302 e. The van der Waals surface area contributed by atoms with Crippen LogP contribution in [0.5, 0.6) is 0 Å². The van der Waals surface area contributed by atoms with Crippen LogP contribution in [0.2, 0.25) is 0 Å². The highest BCUT2D eigenvalue weighted by molar-refractivity contribution is 5.95. The highest BCUT2D eigenvalue weighted by Gasteiger charge is 2.62. The number of hydrogen-bond donors (Lipinski definition) is 2. The molecule has 0 bridgehead atoms. The van der Waals surface area contributed by atoms with E-state index in [0.29, 0.717) is 24.2 Å². The van der Waals surface area contributed by atoms with E-state index in [1.807, 2.05) is 0 Å².